The molecule has 1 heterocycles. The summed E-state index contributed by atoms with van der Waals surface area (Å²) in [5.74, 6) is -0.151. The van der Waals surface area contributed by atoms with Gasteiger partial charge < -0.3 is 4.98 Å². The van der Waals surface area contributed by atoms with Crippen LogP contribution in [-0.2, 0) is 0 Å². The van der Waals surface area contributed by atoms with E-state index in [1.54, 1.807) is 12.1 Å². The van der Waals surface area contributed by atoms with Gasteiger partial charge in [0.1, 0.15) is 5.82 Å². The largest absolute Gasteiger partial charge is 0.325 e. The molecule has 0 radical (unpaired) electrons. The van der Waals surface area contributed by atoms with Crippen molar-refractivity contribution in [1.29, 1.82) is 0 Å². The van der Waals surface area contributed by atoms with E-state index in [4.69, 9.17) is 0 Å². The summed E-state index contributed by atoms with van der Waals surface area (Å²) >= 11 is 2.03. The molecular weight excluding hydrogens is 213 g/mol. The molecule has 0 saturated carbocycles. The van der Waals surface area contributed by atoms with E-state index < -0.39 is 7.38 Å². The number of rotatable bonds is 1. The summed E-state index contributed by atoms with van der Waals surface area (Å²) in [5.41, 5.74) is 0. The predicted molar refractivity (Wildman–Crippen MR) is 62.7 cm³/mol. The molecule has 1 aromatic carbocycles. The van der Waals surface area contributed by atoms with E-state index in [2.05, 4.69) is 18.5 Å². The lowest BCUT2D eigenvalue weighted by atomic mass is 10.3. The highest BCUT2D eigenvalue weighted by molar-refractivity contribution is 8.30. The second-order valence-electron chi connectivity index (χ2n) is 3.85. The summed E-state index contributed by atoms with van der Waals surface area (Å²) in [6.45, 7) is 5.60. The second-order valence-corrected chi connectivity index (χ2v) is 11.0. The van der Waals surface area contributed by atoms with Crippen molar-refractivity contribution in [2.45, 2.75) is 18.7 Å². The van der Waals surface area contributed by atoms with Gasteiger partial charge in [-0.15, -0.1) is 0 Å². The maximum absolute atomic E-state index is 12.8. The van der Waals surface area contributed by atoms with Gasteiger partial charge in [-0.3, -0.25) is 0 Å². The molecule has 0 aliphatic carbocycles. The van der Waals surface area contributed by atoms with Crippen molar-refractivity contribution in [3.63, 3.8) is 0 Å². The van der Waals surface area contributed by atoms with Crippen LogP contribution in [0.2, 0.25) is 6.55 Å². The van der Waals surface area contributed by atoms with Crippen LogP contribution in [0.5, 0.6) is 0 Å². The Balaban J connectivity index is 2.26. The van der Waals surface area contributed by atoms with Gasteiger partial charge in [0.05, 0.1) is 0 Å². The monoisotopic (exact) mass is 227 g/mol. The molecule has 1 nitrogen and oxygen atoms in total. The zero-order valence-corrected chi connectivity index (χ0v) is 10.2. The second kappa shape index (κ2) is 3.68. The molecule has 14 heavy (non-hydrogen) atoms. The van der Waals surface area contributed by atoms with Crippen molar-refractivity contribution in [3.8, 4) is 0 Å². The van der Waals surface area contributed by atoms with E-state index in [1.165, 1.54) is 5.19 Å². The van der Waals surface area contributed by atoms with Crippen molar-refractivity contribution in [1.82, 2.24) is 4.98 Å². The molecular formula is C10H14FNSSi. The molecule has 2 atom stereocenters. The van der Waals surface area contributed by atoms with Crippen molar-refractivity contribution in [2.75, 3.05) is 6.54 Å². The molecule has 1 aliphatic heterocycles. The van der Waals surface area contributed by atoms with Gasteiger partial charge >= 0.3 is 0 Å². The third kappa shape index (κ3) is 1.87. The van der Waals surface area contributed by atoms with Crippen molar-refractivity contribution >= 4 is 23.8 Å². The van der Waals surface area contributed by atoms with Gasteiger partial charge in [0, 0.05) is 11.8 Å². The SMILES string of the molecule is CC1CN[Si](C)(c2ccc(F)cc2)S1. The Morgan fingerprint density at radius 1 is 1.43 bits per heavy atom. The van der Waals surface area contributed by atoms with Crippen LogP contribution in [0.4, 0.5) is 4.39 Å². The molecule has 4 heteroatoms. The number of hydrogen-bond donors (Lipinski definition) is 1. The minimum absolute atomic E-state index is 0.151. The van der Waals surface area contributed by atoms with Crippen molar-refractivity contribution in [2.24, 2.45) is 0 Å². The summed E-state index contributed by atoms with van der Waals surface area (Å²) in [6.07, 6.45) is 0. The Morgan fingerprint density at radius 3 is 2.57 bits per heavy atom. The zero-order chi connectivity index (χ0) is 10.2. The average molecular weight is 227 g/mol. The van der Waals surface area contributed by atoms with E-state index in [-0.39, 0.29) is 5.82 Å². The summed E-state index contributed by atoms with van der Waals surface area (Å²) < 4.78 is 12.8. The molecule has 0 amide bonds. The Hall–Kier alpha value is -0.323. The van der Waals surface area contributed by atoms with Crippen LogP contribution in [0, 0.1) is 5.82 Å². The lowest BCUT2D eigenvalue weighted by molar-refractivity contribution is 0.628. The van der Waals surface area contributed by atoms with Crippen LogP contribution in [0.3, 0.4) is 0 Å². The summed E-state index contributed by atoms with van der Waals surface area (Å²) in [6, 6.07) is 6.94. The van der Waals surface area contributed by atoms with E-state index in [0.29, 0.717) is 5.25 Å². The van der Waals surface area contributed by atoms with Gasteiger partial charge in [0.2, 0.25) is 7.38 Å². The van der Waals surface area contributed by atoms with Crippen LogP contribution in [0.1, 0.15) is 6.92 Å². The third-order valence-corrected chi connectivity index (χ3v) is 9.67. The summed E-state index contributed by atoms with van der Waals surface area (Å²) in [7, 11) is -1.55. The van der Waals surface area contributed by atoms with E-state index in [1.807, 2.05) is 23.3 Å². The van der Waals surface area contributed by atoms with E-state index in [9.17, 15) is 4.39 Å². The molecule has 1 aromatic rings. The first-order valence-corrected chi connectivity index (χ1v) is 8.89. The Bertz CT molecular complexity index is 329. The minimum atomic E-state index is -1.55. The topological polar surface area (TPSA) is 12.0 Å². The highest BCUT2D eigenvalue weighted by Gasteiger charge is 2.37. The van der Waals surface area contributed by atoms with Crippen LogP contribution in [0.15, 0.2) is 24.3 Å². The Morgan fingerprint density at radius 2 is 2.07 bits per heavy atom. The molecule has 1 fully saturated rings. The fraction of sp³-hybridized carbons (Fsp3) is 0.400. The minimum Gasteiger partial charge on any atom is -0.325 e. The lowest BCUT2D eigenvalue weighted by Gasteiger charge is -2.20. The third-order valence-electron chi connectivity index (χ3n) is 2.56. The Labute approximate surface area is 88.8 Å². The molecule has 1 aliphatic rings. The quantitative estimate of drug-likeness (QED) is 0.735. The normalized spacial score (nSPS) is 32.1. The van der Waals surface area contributed by atoms with Crippen LogP contribution < -0.4 is 10.2 Å². The number of halogens is 1. The van der Waals surface area contributed by atoms with Crippen molar-refractivity contribution < 1.29 is 4.39 Å². The first-order valence-electron chi connectivity index (χ1n) is 4.79. The lowest BCUT2D eigenvalue weighted by Crippen LogP contribution is -2.51. The maximum Gasteiger partial charge on any atom is 0.217 e. The van der Waals surface area contributed by atoms with E-state index in [0.717, 1.165) is 6.54 Å². The standard InChI is InChI=1S/C10H14FNSSi/c1-8-7-12-14(2,13-8)10-5-3-9(11)4-6-10/h3-6,8,12H,7H2,1-2H3. The smallest absolute Gasteiger partial charge is 0.217 e. The van der Waals surface area contributed by atoms with Gasteiger partial charge in [-0.05, 0) is 23.9 Å². The predicted octanol–water partition coefficient (Wildman–Crippen LogP) is 1.83. The average Bonchev–Trinajstić information content (AvgIpc) is 2.48. The molecule has 2 rings (SSSR count). The first kappa shape index (κ1) is 10.2. The molecule has 0 bridgehead atoms. The molecule has 1 N–H and O–H groups in total. The van der Waals surface area contributed by atoms with E-state index >= 15 is 0 Å². The highest BCUT2D eigenvalue weighted by Crippen LogP contribution is 2.27. The Kier molecular flexibility index (Phi) is 2.68. The molecule has 2 unspecified atom stereocenters. The number of hydrogen-bond acceptors (Lipinski definition) is 2. The fourth-order valence-electron chi connectivity index (χ4n) is 1.76. The van der Waals surface area contributed by atoms with Crippen LogP contribution >= 0.6 is 11.2 Å². The fourth-order valence-corrected chi connectivity index (χ4v) is 8.78. The molecule has 0 spiro atoms. The van der Waals surface area contributed by atoms with Gasteiger partial charge in [-0.25, -0.2) is 4.39 Å². The maximum atomic E-state index is 12.8. The molecule has 0 aromatic heterocycles. The van der Waals surface area contributed by atoms with Crippen LogP contribution in [0.25, 0.3) is 0 Å². The first-order chi connectivity index (χ1) is 6.60. The van der Waals surface area contributed by atoms with Gasteiger partial charge in [0.15, 0.2) is 0 Å². The van der Waals surface area contributed by atoms with Gasteiger partial charge in [-0.2, -0.15) is 11.2 Å². The summed E-state index contributed by atoms with van der Waals surface area (Å²) in [5, 5.41) is 1.96. The number of benzene rings is 1. The molecule has 76 valence electrons. The molecule has 1 saturated heterocycles. The number of nitrogens with one attached hydrogen (secondary N) is 1. The van der Waals surface area contributed by atoms with Crippen LogP contribution in [-0.4, -0.2) is 19.2 Å². The summed E-state index contributed by atoms with van der Waals surface area (Å²) in [4.78, 5) is 3.60. The zero-order valence-electron chi connectivity index (χ0n) is 8.38. The van der Waals surface area contributed by atoms with Gasteiger partial charge in [-0.1, -0.05) is 19.1 Å². The van der Waals surface area contributed by atoms with Crippen molar-refractivity contribution in [3.05, 3.63) is 30.1 Å². The highest BCUT2D eigenvalue weighted by atomic mass is 32.4. The van der Waals surface area contributed by atoms with Gasteiger partial charge in [0.25, 0.3) is 0 Å².